The molecule has 0 aliphatic rings. The zero-order chi connectivity index (χ0) is 8.15. The number of aliphatic hydroxyl groups excluding tert-OH is 1. The predicted molar refractivity (Wildman–Crippen MR) is 35.3 cm³/mol. The highest BCUT2D eigenvalue weighted by Gasteiger charge is 2.22. The molecule has 0 aromatic heterocycles. The summed E-state index contributed by atoms with van der Waals surface area (Å²) in [5.74, 6) is -0.502. The van der Waals surface area contributed by atoms with Gasteiger partial charge in [-0.15, -0.1) is 0 Å². The van der Waals surface area contributed by atoms with Crippen molar-refractivity contribution in [2.45, 2.75) is 25.6 Å². The zero-order valence-electron chi connectivity index (χ0n) is 5.88. The van der Waals surface area contributed by atoms with Crippen LogP contribution in [0.5, 0.6) is 0 Å². The van der Waals surface area contributed by atoms with E-state index in [0.29, 0.717) is 0 Å². The monoisotopic (exact) mass is 149 g/mol. The van der Waals surface area contributed by atoms with E-state index < -0.39 is 18.1 Å². The maximum atomic E-state index is 12.4. The van der Waals surface area contributed by atoms with Crippen LogP contribution in [0.4, 0.5) is 4.39 Å². The highest BCUT2D eigenvalue weighted by atomic mass is 19.1. The Morgan fingerprint density at radius 3 is 2.60 bits per heavy atom. The van der Waals surface area contributed by atoms with Crippen LogP contribution < -0.4 is 5.73 Å². The minimum atomic E-state index is -1.62. The largest absolute Gasteiger partial charge is 0.382 e. The first-order chi connectivity index (χ1) is 4.63. The molecule has 0 heterocycles. The topological polar surface area (TPSA) is 63.3 Å². The van der Waals surface area contributed by atoms with E-state index in [9.17, 15) is 9.18 Å². The number of ketones is 1. The van der Waals surface area contributed by atoms with Crippen molar-refractivity contribution >= 4 is 5.78 Å². The number of hydrogen-bond donors (Lipinski definition) is 2. The van der Waals surface area contributed by atoms with Crippen LogP contribution in [0, 0.1) is 0 Å². The lowest BCUT2D eigenvalue weighted by molar-refractivity contribution is -0.129. The Morgan fingerprint density at radius 2 is 2.30 bits per heavy atom. The third-order valence-corrected chi connectivity index (χ3v) is 1.25. The van der Waals surface area contributed by atoms with E-state index in [1.807, 2.05) is 0 Å². The first-order valence-electron chi connectivity index (χ1n) is 3.18. The summed E-state index contributed by atoms with van der Waals surface area (Å²) in [6.45, 7) is 1.25. The Kier molecular flexibility index (Phi) is 4.14. The molecule has 0 rings (SSSR count). The molecular weight excluding hydrogens is 137 g/mol. The van der Waals surface area contributed by atoms with Gasteiger partial charge in [0.05, 0.1) is 0 Å². The fraction of sp³-hybridized carbons (Fsp3) is 0.833. The molecule has 0 aliphatic carbocycles. The van der Waals surface area contributed by atoms with Gasteiger partial charge in [-0.2, -0.15) is 0 Å². The van der Waals surface area contributed by atoms with Gasteiger partial charge in [-0.25, -0.2) is 4.39 Å². The van der Waals surface area contributed by atoms with Crippen molar-refractivity contribution < 1.29 is 14.3 Å². The van der Waals surface area contributed by atoms with Gasteiger partial charge in [-0.3, -0.25) is 4.79 Å². The number of hydrogen-bond acceptors (Lipinski definition) is 3. The van der Waals surface area contributed by atoms with Gasteiger partial charge >= 0.3 is 0 Å². The van der Waals surface area contributed by atoms with Gasteiger partial charge in [-0.1, -0.05) is 6.92 Å². The lowest BCUT2D eigenvalue weighted by atomic mass is 10.1. The van der Waals surface area contributed by atoms with Crippen LogP contribution >= 0.6 is 0 Å². The second-order valence-corrected chi connectivity index (χ2v) is 2.02. The van der Waals surface area contributed by atoms with E-state index in [1.54, 1.807) is 6.92 Å². The van der Waals surface area contributed by atoms with Crippen LogP contribution in [0.25, 0.3) is 0 Å². The smallest absolute Gasteiger partial charge is 0.164 e. The molecule has 0 bridgehead atoms. The molecule has 4 heteroatoms. The summed E-state index contributed by atoms with van der Waals surface area (Å²) in [4.78, 5) is 10.6. The molecule has 0 saturated carbocycles. The van der Waals surface area contributed by atoms with E-state index >= 15 is 0 Å². The fourth-order valence-corrected chi connectivity index (χ4v) is 0.540. The van der Waals surface area contributed by atoms with E-state index in [4.69, 9.17) is 10.8 Å². The third kappa shape index (κ3) is 2.41. The summed E-state index contributed by atoms with van der Waals surface area (Å²) < 4.78 is 12.4. The molecule has 2 atom stereocenters. The molecule has 3 nitrogen and oxygen atoms in total. The van der Waals surface area contributed by atoms with E-state index in [2.05, 4.69) is 0 Å². The average Bonchev–Trinajstić information content (AvgIpc) is 2.00. The first-order valence-corrected chi connectivity index (χ1v) is 3.18. The SMILES string of the molecule is CCC(=O)C(O)C(F)CN. The Hall–Kier alpha value is -0.480. The average molecular weight is 149 g/mol. The third-order valence-electron chi connectivity index (χ3n) is 1.25. The number of nitrogens with two attached hydrogens (primary N) is 1. The lowest BCUT2D eigenvalue weighted by Crippen LogP contribution is -2.35. The summed E-state index contributed by atoms with van der Waals surface area (Å²) in [7, 11) is 0. The fourth-order valence-electron chi connectivity index (χ4n) is 0.540. The minimum Gasteiger partial charge on any atom is -0.382 e. The number of alkyl halides is 1. The lowest BCUT2D eigenvalue weighted by Gasteiger charge is -2.10. The van der Waals surface area contributed by atoms with Gasteiger partial charge in [0, 0.05) is 13.0 Å². The summed E-state index contributed by atoms with van der Waals surface area (Å²) in [6, 6.07) is 0. The zero-order valence-corrected chi connectivity index (χ0v) is 5.88. The van der Waals surface area contributed by atoms with Gasteiger partial charge < -0.3 is 10.8 Å². The number of carbonyl (C=O) groups is 1. The number of aliphatic hydroxyl groups is 1. The molecule has 0 aromatic rings. The Labute approximate surface area is 59.0 Å². The van der Waals surface area contributed by atoms with E-state index in [-0.39, 0.29) is 13.0 Å². The Morgan fingerprint density at radius 1 is 1.80 bits per heavy atom. The molecule has 0 saturated heterocycles. The van der Waals surface area contributed by atoms with Crippen molar-refractivity contribution in [3.8, 4) is 0 Å². The van der Waals surface area contributed by atoms with E-state index in [0.717, 1.165) is 0 Å². The van der Waals surface area contributed by atoms with Gasteiger partial charge in [0.2, 0.25) is 0 Å². The molecule has 2 unspecified atom stereocenters. The number of rotatable bonds is 4. The molecular formula is C6H12FNO2. The van der Waals surface area contributed by atoms with Crippen LogP contribution in [-0.4, -0.2) is 29.7 Å². The Balaban J connectivity index is 3.81. The number of halogens is 1. The molecule has 0 aliphatic heterocycles. The Bertz CT molecular complexity index is 118. The minimum absolute atomic E-state index is 0.140. The van der Waals surface area contributed by atoms with Crippen molar-refractivity contribution in [2.75, 3.05) is 6.54 Å². The summed E-state index contributed by atoms with van der Waals surface area (Å²) >= 11 is 0. The quantitative estimate of drug-likeness (QED) is 0.573. The second kappa shape index (κ2) is 4.35. The van der Waals surface area contributed by atoms with Crippen molar-refractivity contribution in [3.63, 3.8) is 0 Å². The second-order valence-electron chi connectivity index (χ2n) is 2.02. The maximum Gasteiger partial charge on any atom is 0.164 e. The standard InChI is InChI=1S/C6H12FNO2/c1-2-5(9)6(10)4(7)3-8/h4,6,10H,2-3,8H2,1H3. The molecule has 0 radical (unpaired) electrons. The van der Waals surface area contributed by atoms with Gasteiger partial charge in [-0.05, 0) is 0 Å². The normalized spacial score (nSPS) is 16.4. The molecule has 60 valence electrons. The van der Waals surface area contributed by atoms with Crippen molar-refractivity contribution in [2.24, 2.45) is 5.73 Å². The number of Topliss-reactive ketones (excluding diaryl/α,β-unsaturated/α-hetero) is 1. The summed E-state index contributed by atoms with van der Waals surface area (Å²) in [5.41, 5.74) is 4.88. The maximum absolute atomic E-state index is 12.4. The molecule has 0 amide bonds. The number of carbonyl (C=O) groups excluding carboxylic acids is 1. The molecule has 10 heavy (non-hydrogen) atoms. The van der Waals surface area contributed by atoms with Crippen LogP contribution in [0.15, 0.2) is 0 Å². The summed E-state index contributed by atoms with van der Waals surface area (Å²) in [6.07, 6.45) is -3.01. The van der Waals surface area contributed by atoms with Gasteiger partial charge in [0.1, 0.15) is 12.3 Å². The molecule has 0 aromatic carbocycles. The van der Waals surface area contributed by atoms with Crippen LogP contribution in [0.1, 0.15) is 13.3 Å². The molecule has 0 fully saturated rings. The van der Waals surface area contributed by atoms with Crippen molar-refractivity contribution in [1.82, 2.24) is 0 Å². The van der Waals surface area contributed by atoms with E-state index in [1.165, 1.54) is 0 Å². The summed E-state index contributed by atoms with van der Waals surface area (Å²) in [5, 5.41) is 8.78. The molecule has 3 N–H and O–H groups in total. The molecule has 0 spiro atoms. The highest BCUT2D eigenvalue weighted by Crippen LogP contribution is 2.00. The van der Waals surface area contributed by atoms with Crippen LogP contribution in [0.3, 0.4) is 0 Å². The van der Waals surface area contributed by atoms with Crippen molar-refractivity contribution in [1.29, 1.82) is 0 Å². The first kappa shape index (κ1) is 9.52. The van der Waals surface area contributed by atoms with Gasteiger partial charge in [0.25, 0.3) is 0 Å². The van der Waals surface area contributed by atoms with Crippen LogP contribution in [0.2, 0.25) is 0 Å². The van der Waals surface area contributed by atoms with Gasteiger partial charge in [0.15, 0.2) is 5.78 Å². The van der Waals surface area contributed by atoms with Crippen LogP contribution in [-0.2, 0) is 4.79 Å². The van der Waals surface area contributed by atoms with Crippen molar-refractivity contribution in [3.05, 3.63) is 0 Å². The highest BCUT2D eigenvalue weighted by molar-refractivity contribution is 5.83. The predicted octanol–water partition coefficient (Wildman–Crippen LogP) is -0.377.